The Morgan fingerprint density at radius 3 is 1.94 bits per heavy atom. The molecule has 0 aliphatic heterocycles. The number of ether oxygens (including phenoxy) is 2. The van der Waals surface area contributed by atoms with Gasteiger partial charge >= 0.3 is 8.80 Å². The molecule has 0 aliphatic rings. The van der Waals surface area contributed by atoms with Gasteiger partial charge in [-0.15, -0.1) is 0 Å². The first kappa shape index (κ1) is 35.9. The quantitative estimate of drug-likeness (QED) is 0.107. The first-order valence-electron chi connectivity index (χ1n) is 14.0. The van der Waals surface area contributed by atoms with E-state index >= 15 is 0 Å². The Morgan fingerprint density at radius 1 is 0.778 bits per heavy atom. The maximum absolute atomic E-state index is 10.6. The predicted octanol–water partition coefficient (Wildman–Crippen LogP) is 3.05. The maximum Gasteiger partial charge on any atom is 0.500 e. The molecule has 0 heterocycles. The molecule has 0 amide bonds. The van der Waals surface area contributed by atoms with E-state index < -0.39 is 21.0 Å². The fourth-order valence-electron chi connectivity index (χ4n) is 4.23. The third-order valence-electron chi connectivity index (χ3n) is 6.59. The predicted molar refractivity (Wildman–Crippen MR) is 147 cm³/mol. The van der Waals surface area contributed by atoms with Gasteiger partial charge in [0.05, 0.1) is 25.4 Å². The van der Waals surface area contributed by atoms with Gasteiger partial charge in [-0.1, -0.05) is 46.0 Å². The molecule has 0 radical (unpaired) electrons. The van der Waals surface area contributed by atoms with Gasteiger partial charge in [-0.05, 0) is 44.7 Å². The third kappa shape index (κ3) is 18.2. The average Bonchev–Trinajstić information content (AvgIpc) is 2.88. The number of rotatable bonds is 27. The largest absolute Gasteiger partial charge is 0.500 e. The molecule has 0 aromatic carbocycles. The standard InChI is InChI=1S/C26H58N2O7Si/c1-6-8-14-24(7-2)21-35-23-26(30)20-28(16-12-10-9-11-15-27)19-25(29)22-34-17-13-18-36(31-3,32-4)33-5/h24-26,29-30H,6-23,27H2,1-5H3. The second-order valence-corrected chi connectivity index (χ2v) is 12.8. The molecule has 0 aliphatic carbocycles. The SMILES string of the molecule is CCCCC(CC)COCC(O)CN(CCCCCCN)CC(O)COCCC[Si](OC)(OC)OC. The van der Waals surface area contributed by atoms with E-state index in [2.05, 4.69) is 18.7 Å². The zero-order valence-electron chi connectivity index (χ0n) is 23.9. The molecule has 3 atom stereocenters. The maximum atomic E-state index is 10.6. The van der Waals surface area contributed by atoms with Gasteiger partial charge in [0.15, 0.2) is 0 Å². The summed E-state index contributed by atoms with van der Waals surface area (Å²) in [6, 6.07) is 0.658. The molecule has 9 nitrogen and oxygen atoms in total. The van der Waals surface area contributed by atoms with Gasteiger partial charge in [0.1, 0.15) is 0 Å². The number of unbranched alkanes of at least 4 members (excludes halogenated alkanes) is 4. The van der Waals surface area contributed by atoms with E-state index in [-0.39, 0.29) is 6.61 Å². The van der Waals surface area contributed by atoms with Crippen molar-refractivity contribution >= 4 is 8.80 Å². The van der Waals surface area contributed by atoms with Crippen LogP contribution in [0.3, 0.4) is 0 Å². The summed E-state index contributed by atoms with van der Waals surface area (Å²) in [7, 11) is 2.21. The van der Waals surface area contributed by atoms with Gasteiger partial charge in [-0.25, -0.2) is 0 Å². The molecular formula is C26H58N2O7Si. The lowest BCUT2D eigenvalue weighted by atomic mass is 10.0. The summed E-state index contributed by atoms with van der Waals surface area (Å²) in [5.74, 6) is 0.555. The zero-order chi connectivity index (χ0) is 27.1. The Labute approximate surface area is 222 Å². The molecule has 10 heteroatoms. The van der Waals surface area contributed by atoms with Crippen LogP contribution in [0.15, 0.2) is 0 Å². The van der Waals surface area contributed by atoms with Crippen molar-refractivity contribution in [2.24, 2.45) is 11.7 Å². The van der Waals surface area contributed by atoms with Crippen molar-refractivity contribution in [1.82, 2.24) is 4.90 Å². The summed E-state index contributed by atoms with van der Waals surface area (Å²) in [5, 5.41) is 21.2. The highest BCUT2D eigenvalue weighted by molar-refractivity contribution is 6.60. The lowest BCUT2D eigenvalue weighted by Crippen LogP contribution is -2.43. The van der Waals surface area contributed by atoms with Gasteiger partial charge < -0.3 is 38.7 Å². The van der Waals surface area contributed by atoms with E-state index in [0.717, 1.165) is 51.6 Å². The minimum atomic E-state index is -2.59. The molecule has 0 aromatic heterocycles. The van der Waals surface area contributed by atoms with Crippen LogP contribution < -0.4 is 5.73 Å². The van der Waals surface area contributed by atoms with E-state index in [4.69, 9.17) is 28.5 Å². The first-order valence-corrected chi connectivity index (χ1v) is 15.9. The van der Waals surface area contributed by atoms with Crippen LogP contribution >= 0.6 is 0 Å². The van der Waals surface area contributed by atoms with Crippen molar-refractivity contribution in [2.45, 2.75) is 89.9 Å². The van der Waals surface area contributed by atoms with Gasteiger partial charge in [0.2, 0.25) is 0 Å². The van der Waals surface area contributed by atoms with Crippen molar-refractivity contribution in [1.29, 1.82) is 0 Å². The van der Waals surface area contributed by atoms with Crippen molar-refractivity contribution in [3.63, 3.8) is 0 Å². The molecular weight excluding hydrogens is 480 g/mol. The first-order chi connectivity index (χ1) is 17.4. The molecule has 0 bridgehead atoms. The van der Waals surface area contributed by atoms with E-state index in [1.165, 1.54) is 19.3 Å². The fraction of sp³-hybridized carbons (Fsp3) is 1.00. The summed E-state index contributed by atoms with van der Waals surface area (Å²) in [5.41, 5.74) is 5.60. The van der Waals surface area contributed by atoms with Crippen molar-refractivity contribution in [2.75, 3.05) is 73.9 Å². The number of nitrogens with two attached hydrogens (primary N) is 1. The van der Waals surface area contributed by atoms with E-state index in [1.807, 2.05) is 0 Å². The number of nitrogens with zero attached hydrogens (tertiary/aromatic N) is 1. The summed E-state index contributed by atoms with van der Waals surface area (Å²) in [6.07, 6.45) is 8.44. The second-order valence-electron chi connectivity index (χ2n) is 9.70. The van der Waals surface area contributed by atoms with Crippen LogP contribution in [0.5, 0.6) is 0 Å². The molecule has 0 fully saturated rings. The Balaban J connectivity index is 4.48. The molecule has 4 N–H and O–H groups in total. The molecule has 36 heavy (non-hydrogen) atoms. The number of hydrogen-bond donors (Lipinski definition) is 3. The highest BCUT2D eigenvalue weighted by Gasteiger charge is 2.36. The zero-order valence-corrected chi connectivity index (χ0v) is 24.9. The third-order valence-corrected chi connectivity index (χ3v) is 9.42. The second kappa shape index (κ2) is 23.9. The highest BCUT2D eigenvalue weighted by Crippen LogP contribution is 2.15. The van der Waals surface area contributed by atoms with Gasteiger partial charge in [-0.3, -0.25) is 4.90 Å². The fourth-order valence-corrected chi connectivity index (χ4v) is 5.92. The Bertz CT molecular complexity index is 467. The van der Waals surface area contributed by atoms with Crippen LogP contribution in [-0.2, 0) is 22.8 Å². The van der Waals surface area contributed by atoms with Crippen molar-refractivity contribution in [3.8, 4) is 0 Å². The van der Waals surface area contributed by atoms with Crippen LogP contribution in [-0.4, -0.2) is 110 Å². The van der Waals surface area contributed by atoms with Gasteiger partial charge in [-0.2, -0.15) is 0 Å². The minimum Gasteiger partial charge on any atom is -0.389 e. The summed E-state index contributed by atoms with van der Waals surface area (Å²) in [4.78, 5) is 2.12. The molecule has 0 saturated heterocycles. The number of hydrogen-bond acceptors (Lipinski definition) is 9. The lowest BCUT2D eigenvalue weighted by Gasteiger charge is -2.28. The van der Waals surface area contributed by atoms with Crippen molar-refractivity contribution < 1.29 is 33.0 Å². The molecule has 0 saturated carbocycles. The normalized spacial score (nSPS) is 14.9. The van der Waals surface area contributed by atoms with Crippen LogP contribution in [0.25, 0.3) is 0 Å². The minimum absolute atomic E-state index is 0.243. The molecule has 0 rings (SSSR count). The highest BCUT2D eigenvalue weighted by atomic mass is 28.4. The lowest BCUT2D eigenvalue weighted by molar-refractivity contribution is -0.0165. The van der Waals surface area contributed by atoms with E-state index in [1.54, 1.807) is 21.3 Å². The Morgan fingerprint density at radius 2 is 1.39 bits per heavy atom. The Hall–Kier alpha value is -0.143. The summed E-state index contributed by atoms with van der Waals surface area (Å²) < 4.78 is 27.8. The van der Waals surface area contributed by atoms with E-state index in [0.29, 0.717) is 44.9 Å². The Kier molecular flexibility index (Phi) is 23.8. The van der Waals surface area contributed by atoms with Crippen LogP contribution in [0.2, 0.25) is 6.04 Å². The molecule has 218 valence electrons. The molecule has 3 unspecified atom stereocenters. The van der Waals surface area contributed by atoms with Gasteiger partial charge in [0, 0.05) is 53.7 Å². The van der Waals surface area contributed by atoms with Gasteiger partial charge in [0.25, 0.3) is 0 Å². The number of aliphatic hydroxyl groups is 2. The molecule has 0 spiro atoms. The molecule has 0 aromatic rings. The van der Waals surface area contributed by atoms with Crippen LogP contribution in [0.1, 0.15) is 71.6 Å². The number of aliphatic hydroxyl groups excluding tert-OH is 2. The van der Waals surface area contributed by atoms with Crippen molar-refractivity contribution in [3.05, 3.63) is 0 Å². The van der Waals surface area contributed by atoms with Crippen LogP contribution in [0, 0.1) is 5.92 Å². The van der Waals surface area contributed by atoms with E-state index in [9.17, 15) is 10.2 Å². The monoisotopic (exact) mass is 538 g/mol. The smallest absolute Gasteiger partial charge is 0.389 e. The average molecular weight is 539 g/mol. The topological polar surface area (TPSA) is 116 Å². The summed E-state index contributed by atoms with van der Waals surface area (Å²) >= 11 is 0. The van der Waals surface area contributed by atoms with Crippen LogP contribution in [0.4, 0.5) is 0 Å². The summed E-state index contributed by atoms with van der Waals surface area (Å²) in [6.45, 7) is 8.62.